The number of benzene rings is 1. The van der Waals surface area contributed by atoms with E-state index in [1.165, 1.54) is 24.0 Å². The van der Waals surface area contributed by atoms with Gasteiger partial charge in [-0.2, -0.15) is 0 Å². The minimum Gasteiger partial charge on any atom is -0.493 e. The lowest BCUT2D eigenvalue weighted by Crippen LogP contribution is -2.34. The summed E-state index contributed by atoms with van der Waals surface area (Å²) in [7, 11) is 0. The quantitative estimate of drug-likeness (QED) is 0.704. The zero-order chi connectivity index (χ0) is 14.3. The topological polar surface area (TPSA) is 9.23 Å². The van der Waals surface area contributed by atoms with Crippen LogP contribution in [0.1, 0.15) is 65.0 Å². The first-order chi connectivity index (χ1) is 8.78. The molecule has 19 heavy (non-hydrogen) atoms. The smallest absolute Gasteiger partial charge is 0.124 e. The van der Waals surface area contributed by atoms with E-state index in [-0.39, 0.29) is 10.8 Å². The molecule has 0 N–H and O–H groups in total. The standard InChI is InChI=1S/C17H25BrO/c1-6-9-19-14-11-12(18)10-13-15(14)17(4,5)8-7-16(13,2)3/h10-11H,6-9H2,1-5H3. The van der Waals surface area contributed by atoms with Crippen molar-refractivity contribution in [3.63, 3.8) is 0 Å². The van der Waals surface area contributed by atoms with E-state index in [2.05, 4.69) is 62.7 Å². The van der Waals surface area contributed by atoms with E-state index in [1.807, 2.05) is 0 Å². The maximum atomic E-state index is 6.03. The Morgan fingerprint density at radius 2 is 1.74 bits per heavy atom. The zero-order valence-corrected chi connectivity index (χ0v) is 14.4. The molecule has 0 radical (unpaired) electrons. The minimum absolute atomic E-state index is 0.203. The van der Waals surface area contributed by atoms with Gasteiger partial charge in [0.15, 0.2) is 0 Å². The lowest BCUT2D eigenvalue weighted by molar-refractivity contribution is 0.281. The van der Waals surface area contributed by atoms with Crippen molar-refractivity contribution >= 4 is 15.9 Å². The molecule has 0 aliphatic heterocycles. The lowest BCUT2D eigenvalue weighted by Gasteiger charge is -2.42. The van der Waals surface area contributed by atoms with Crippen molar-refractivity contribution < 1.29 is 4.74 Å². The lowest BCUT2D eigenvalue weighted by atomic mass is 9.63. The largest absolute Gasteiger partial charge is 0.493 e. The third-order valence-corrected chi connectivity index (χ3v) is 4.77. The molecule has 0 atom stereocenters. The molecule has 1 nitrogen and oxygen atoms in total. The maximum Gasteiger partial charge on any atom is 0.124 e. The monoisotopic (exact) mass is 324 g/mol. The van der Waals surface area contributed by atoms with Crippen LogP contribution in [0.2, 0.25) is 0 Å². The fraction of sp³-hybridized carbons (Fsp3) is 0.647. The van der Waals surface area contributed by atoms with Crippen LogP contribution in [0.3, 0.4) is 0 Å². The summed E-state index contributed by atoms with van der Waals surface area (Å²) in [4.78, 5) is 0. The van der Waals surface area contributed by atoms with E-state index in [0.29, 0.717) is 0 Å². The Labute approximate surface area is 125 Å². The van der Waals surface area contributed by atoms with Crippen LogP contribution in [0.5, 0.6) is 5.75 Å². The molecular weight excluding hydrogens is 300 g/mol. The van der Waals surface area contributed by atoms with E-state index in [0.717, 1.165) is 23.2 Å². The first-order valence-corrected chi connectivity index (χ1v) is 8.04. The Morgan fingerprint density at radius 3 is 2.37 bits per heavy atom. The molecule has 1 aliphatic rings. The molecule has 0 spiro atoms. The number of rotatable bonds is 3. The Balaban J connectivity index is 2.61. The van der Waals surface area contributed by atoms with E-state index >= 15 is 0 Å². The third-order valence-electron chi connectivity index (χ3n) is 4.31. The average Bonchev–Trinajstić information content (AvgIpc) is 2.31. The summed E-state index contributed by atoms with van der Waals surface area (Å²) in [6.07, 6.45) is 3.50. The Kier molecular flexibility index (Phi) is 4.02. The molecule has 0 saturated carbocycles. The first-order valence-electron chi connectivity index (χ1n) is 7.25. The van der Waals surface area contributed by atoms with E-state index in [9.17, 15) is 0 Å². The maximum absolute atomic E-state index is 6.03. The molecule has 2 heteroatoms. The van der Waals surface area contributed by atoms with Crippen molar-refractivity contribution in [1.29, 1.82) is 0 Å². The van der Waals surface area contributed by atoms with Gasteiger partial charge in [0.05, 0.1) is 6.61 Å². The summed E-state index contributed by atoms with van der Waals surface area (Å²) >= 11 is 3.64. The summed E-state index contributed by atoms with van der Waals surface area (Å²) in [6.45, 7) is 12.3. The van der Waals surface area contributed by atoms with Gasteiger partial charge in [-0.25, -0.2) is 0 Å². The summed E-state index contributed by atoms with van der Waals surface area (Å²) in [5.41, 5.74) is 3.30. The van der Waals surface area contributed by atoms with Gasteiger partial charge in [-0.15, -0.1) is 0 Å². The second-order valence-electron chi connectivity index (χ2n) is 6.94. The SMILES string of the molecule is CCCOc1cc(Br)cc2c1C(C)(C)CCC2(C)C. The van der Waals surface area contributed by atoms with Crippen LogP contribution in [-0.4, -0.2) is 6.61 Å². The fourth-order valence-corrected chi connectivity index (χ4v) is 3.46. The average molecular weight is 325 g/mol. The van der Waals surface area contributed by atoms with Gasteiger partial charge in [0.25, 0.3) is 0 Å². The van der Waals surface area contributed by atoms with Crippen LogP contribution in [0.15, 0.2) is 16.6 Å². The van der Waals surface area contributed by atoms with Crippen molar-refractivity contribution in [2.75, 3.05) is 6.61 Å². The van der Waals surface area contributed by atoms with Crippen LogP contribution < -0.4 is 4.74 Å². The predicted molar refractivity (Wildman–Crippen MR) is 85.2 cm³/mol. The van der Waals surface area contributed by atoms with E-state index < -0.39 is 0 Å². The number of ether oxygens (including phenoxy) is 1. The Bertz CT molecular complexity index is 474. The van der Waals surface area contributed by atoms with Crippen LogP contribution in [0.4, 0.5) is 0 Å². The number of hydrogen-bond donors (Lipinski definition) is 0. The van der Waals surface area contributed by atoms with Gasteiger partial charge >= 0.3 is 0 Å². The first kappa shape index (κ1) is 14.9. The van der Waals surface area contributed by atoms with E-state index in [4.69, 9.17) is 4.74 Å². The van der Waals surface area contributed by atoms with Crippen LogP contribution in [-0.2, 0) is 10.8 Å². The van der Waals surface area contributed by atoms with Gasteiger partial charge < -0.3 is 4.74 Å². The molecule has 0 bridgehead atoms. The van der Waals surface area contributed by atoms with Crippen LogP contribution in [0, 0.1) is 0 Å². The molecule has 0 fully saturated rings. The highest BCUT2D eigenvalue weighted by molar-refractivity contribution is 9.10. The van der Waals surface area contributed by atoms with Crippen molar-refractivity contribution in [1.82, 2.24) is 0 Å². The molecule has 2 rings (SSSR count). The van der Waals surface area contributed by atoms with Crippen LogP contribution >= 0.6 is 15.9 Å². The van der Waals surface area contributed by atoms with Crippen LogP contribution in [0.25, 0.3) is 0 Å². The third kappa shape index (κ3) is 2.84. The molecule has 0 aromatic heterocycles. The molecule has 106 valence electrons. The summed E-state index contributed by atoms with van der Waals surface area (Å²) < 4.78 is 7.16. The highest BCUT2D eigenvalue weighted by Gasteiger charge is 2.39. The van der Waals surface area contributed by atoms with Gasteiger partial charge in [-0.3, -0.25) is 0 Å². The minimum atomic E-state index is 0.203. The molecule has 0 unspecified atom stereocenters. The van der Waals surface area contributed by atoms with Gasteiger partial charge in [-0.1, -0.05) is 50.5 Å². The van der Waals surface area contributed by atoms with Gasteiger partial charge in [-0.05, 0) is 47.8 Å². The normalized spacial score (nSPS) is 19.9. The number of halogens is 1. The Morgan fingerprint density at radius 1 is 1.11 bits per heavy atom. The second-order valence-corrected chi connectivity index (χ2v) is 7.86. The molecule has 0 saturated heterocycles. The highest BCUT2D eigenvalue weighted by atomic mass is 79.9. The molecule has 1 aliphatic carbocycles. The molecule has 1 aromatic carbocycles. The van der Waals surface area contributed by atoms with E-state index in [1.54, 1.807) is 0 Å². The fourth-order valence-electron chi connectivity index (χ4n) is 3.02. The van der Waals surface area contributed by atoms with Crippen molar-refractivity contribution in [3.05, 3.63) is 27.7 Å². The highest BCUT2D eigenvalue weighted by Crippen LogP contribution is 2.50. The van der Waals surface area contributed by atoms with Crippen molar-refractivity contribution in [3.8, 4) is 5.75 Å². The number of fused-ring (bicyclic) bond motifs is 1. The Hall–Kier alpha value is -0.500. The molecular formula is C17H25BrO. The summed E-state index contributed by atoms with van der Waals surface area (Å²) in [5.74, 6) is 1.07. The molecule has 0 amide bonds. The number of hydrogen-bond acceptors (Lipinski definition) is 1. The molecule has 0 heterocycles. The predicted octanol–water partition coefficient (Wildman–Crippen LogP) is 5.59. The zero-order valence-electron chi connectivity index (χ0n) is 12.8. The summed E-state index contributed by atoms with van der Waals surface area (Å²) in [5, 5.41) is 0. The molecule has 1 aromatic rings. The second kappa shape index (κ2) is 5.12. The van der Waals surface area contributed by atoms with Gasteiger partial charge in [0, 0.05) is 10.0 Å². The van der Waals surface area contributed by atoms with Crippen molar-refractivity contribution in [2.45, 2.75) is 64.7 Å². The van der Waals surface area contributed by atoms with Gasteiger partial charge in [0.2, 0.25) is 0 Å². The summed E-state index contributed by atoms with van der Waals surface area (Å²) in [6, 6.07) is 4.42. The van der Waals surface area contributed by atoms with Gasteiger partial charge in [0.1, 0.15) is 5.75 Å². The van der Waals surface area contributed by atoms with Crippen molar-refractivity contribution in [2.24, 2.45) is 0 Å².